The van der Waals surface area contributed by atoms with Crippen molar-refractivity contribution in [3.63, 3.8) is 0 Å². The Bertz CT molecular complexity index is 870. The van der Waals surface area contributed by atoms with Crippen molar-refractivity contribution in [2.45, 2.75) is 12.8 Å². The van der Waals surface area contributed by atoms with Gasteiger partial charge in [-0.15, -0.1) is 0 Å². The fourth-order valence-electron chi connectivity index (χ4n) is 2.26. The molecule has 1 aromatic heterocycles. The van der Waals surface area contributed by atoms with Crippen LogP contribution in [0.4, 0.5) is 18.9 Å². The molecule has 0 aliphatic carbocycles. The molecule has 6 nitrogen and oxygen atoms in total. The molecule has 0 spiro atoms. The van der Waals surface area contributed by atoms with Crippen LogP contribution >= 0.6 is 0 Å². The van der Waals surface area contributed by atoms with Gasteiger partial charge in [-0.05, 0) is 36.4 Å². The highest BCUT2D eigenvalue weighted by Gasteiger charge is 2.36. The first-order valence-corrected chi connectivity index (χ1v) is 7.03. The molecule has 1 aliphatic heterocycles. The Morgan fingerprint density at radius 3 is 2.60 bits per heavy atom. The molecule has 9 heteroatoms. The van der Waals surface area contributed by atoms with Crippen molar-refractivity contribution in [1.29, 1.82) is 0 Å². The summed E-state index contributed by atoms with van der Waals surface area (Å²) in [5.74, 6) is -1.18. The molecule has 130 valence electrons. The lowest BCUT2D eigenvalue weighted by molar-refractivity contribution is -0.137. The summed E-state index contributed by atoms with van der Waals surface area (Å²) in [7, 11) is 0. The number of rotatable bonds is 3. The molecular weight excluding hydrogens is 341 g/mol. The Kier molecular flexibility index (Phi) is 4.09. The largest absolute Gasteiger partial charge is 0.459 e. The Morgan fingerprint density at radius 2 is 1.96 bits per heavy atom. The van der Waals surface area contributed by atoms with Crippen molar-refractivity contribution in [2.75, 3.05) is 5.01 Å². The summed E-state index contributed by atoms with van der Waals surface area (Å²) in [6.07, 6.45) is -3.42. The van der Waals surface area contributed by atoms with Crippen LogP contribution in [0.25, 0.3) is 6.08 Å². The number of nitrogens with one attached hydrogen (secondary N) is 1. The molecule has 0 saturated carbocycles. The normalized spacial score (nSPS) is 16.6. The molecule has 2 heterocycles. The quantitative estimate of drug-likeness (QED) is 0.656. The van der Waals surface area contributed by atoms with Gasteiger partial charge in [-0.2, -0.15) is 13.2 Å². The standard InChI is InChI=1S/C16H11F3N2O4/c17-16(18,19)9-2-1-3-10(6-9)21-15(24)13(14(23)20-21)7-11-4-5-12(8-22)25-11/h1-7,22H,8H2,(H,20,23)/b13-7+. The highest BCUT2D eigenvalue weighted by atomic mass is 19.4. The van der Waals surface area contributed by atoms with Crippen molar-refractivity contribution in [2.24, 2.45) is 0 Å². The molecule has 0 bridgehead atoms. The maximum absolute atomic E-state index is 12.8. The molecule has 2 N–H and O–H groups in total. The Balaban J connectivity index is 1.91. The monoisotopic (exact) mass is 352 g/mol. The second kappa shape index (κ2) is 6.10. The average molecular weight is 352 g/mol. The van der Waals surface area contributed by atoms with Crippen LogP contribution in [0.3, 0.4) is 0 Å². The van der Waals surface area contributed by atoms with E-state index >= 15 is 0 Å². The van der Waals surface area contributed by atoms with E-state index in [4.69, 9.17) is 9.52 Å². The van der Waals surface area contributed by atoms with Gasteiger partial charge in [0.15, 0.2) is 0 Å². The summed E-state index contributed by atoms with van der Waals surface area (Å²) in [6.45, 7) is -0.348. The molecule has 1 aliphatic rings. The number of nitrogens with zero attached hydrogens (tertiary/aromatic N) is 1. The van der Waals surface area contributed by atoms with Crippen molar-refractivity contribution in [3.05, 3.63) is 59.1 Å². The fourth-order valence-corrected chi connectivity index (χ4v) is 2.26. The van der Waals surface area contributed by atoms with Gasteiger partial charge in [-0.3, -0.25) is 15.0 Å². The van der Waals surface area contributed by atoms with E-state index in [0.717, 1.165) is 29.3 Å². The Morgan fingerprint density at radius 1 is 1.20 bits per heavy atom. The van der Waals surface area contributed by atoms with Gasteiger partial charge in [0.05, 0.1) is 11.3 Å². The Labute approximate surface area is 139 Å². The number of hydrogen-bond acceptors (Lipinski definition) is 4. The van der Waals surface area contributed by atoms with Gasteiger partial charge in [-0.1, -0.05) is 6.07 Å². The highest BCUT2D eigenvalue weighted by Crippen LogP contribution is 2.32. The number of alkyl halides is 3. The third-order valence-electron chi connectivity index (χ3n) is 3.45. The first-order chi connectivity index (χ1) is 11.8. The minimum Gasteiger partial charge on any atom is -0.459 e. The lowest BCUT2D eigenvalue weighted by atomic mass is 10.1. The van der Waals surface area contributed by atoms with Crippen LogP contribution in [-0.4, -0.2) is 16.9 Å². The highest BCUT2D eigenvalue weighted by molar-refractivity contribution is 6.31. The number of carbonyl (C=O) groups excluding carboxylic acids is 2. The van der Waals surface area contributed by atoms with Gasteiger partial charge in [0.25, 0.3) is 11.8 Å². The maximum Gasteiger partial charge on any atom is 0.416 e. The van der Waals surface area contributed by atoms with E-state index in [1.54, 1.807) is 0 Å². The molecular formula is C16H11F3N2O4. The number of hydrogen-bond donors (Lipinski definition) is 2. The minimum atomic E-state index is -4.57. The summed E-state index contributed by atoms with van der Waals surface area (Å²) in [5, 5.41) is 9.67. The van der Waals surface area contributed by atoms with Crippen LogP contribution in [0.15, 0.2) is 46.4 Å². The zero-order valence-electron chi connectivity index (χ0n) is 12.5. The summed E-state index contributed by atoms with van der Waals surface area (Å²) < 4.78 is 43.6. The zero-order chi connectivity index (χ0) is 18.2. The first kappa shape index (κ1) is 16.8. The number of aliphatic hydroxyl groups excluding tert-OH is 1. The minimum absolute atomic E-state index is 0.118. The number of halogens is 3. The molecule has 1 fully saturated rings. The van der Waals surface area contributed by atoms with Crippen LogP contribution in [0, 0.1) is 0 Å². The van der Waals surface area contributed by atoms with E-state index in [0.29, 0.717) is 0 Å². The number of amides is 2. The summed E-state index contributed by atoms with van der Waals surface area (Å²) >= 11 is 0. The number of aliphatic hydroxyl groups is 1. The number of hydrazine groups is 1. The molecule has 0 atom stereocenters. The van der Waals surface area contributed by atoms with Gasteiger partial charge in [0.1, 0.15) is 23.7 Å². The first-order valence-electron chi connectivity index (χ1n) is 7.03. The summed E-state index contributed by atoms with van der Waals surface area (Å²) in [4.78, 5) is 24.3. The summed E-state index contributed by atoms with van der Waals surface area (Å²) in [6, 6.07) is 6.95. The van der Waals surface area contributed by atoms with Crippen molar-refractivity contribution >= 4 is 23.6 Å². The van der Waals surface area contributed by atoms with E-state index in [2.05, 4.69) is 5.43 Å². The topological polar surface area (TPSA) is 82.8 Å². The van der Waals surface area contributed by atoms with Gasteiger partial charge in [0.2, 0.25) is 0 Å². The van der Waals surface area contributed by atoms with E-state index in [9.17, 15) is 22.8 Å². The zero-order valence-corrected chi connectivity index (χ0v) is 12.5. The molecule has 0 radical (unpaired) electrons. The number of carbonyl (C=O) groups is 2. The van der Waals surface area contributed by atoms with Crippen molar-refractivity contribution in [1.82, 2.24) is 5.43 Å². The maximum atomic E-state index is 12.8. The van der Waals surface area contributed by atoms with E-state index in [1.165, 1.54) is 18.2 Å². The molecule has 2 amide bonds. The molecule has 1 aromatic carbocycles. The van der Waals surface area contributed by atoms with Crippen molar-refractivity contribution < 1.29 is 32.3 Å². The van der Waals surface area contributed by atoms with E-state index in [1.807, 2.05) is 0 Å². The van der Waals surface area contributed by atoms with Crippen molar-refractivity contribution in [3.8, 4) is 0 Å². The predicted molar refractivity (Wildman–Crippen MR) is 79.7 cm³/mol. The lowest BCUT2D eigenvalue weighted by Gasteiger charge is -2.16. The predicted octanol–water partition coefficient (Wildman–Crippen LogP) is 2.25. The van der Waals surface area contributed by atoms with Gasteiger partial charge in [-0.25, -0.2) is 5.01 Å². The van der Waals surface area contributed by atoms with Gasteiger partial charge >= 0.3 is 6.18 Å². The molecule has 1 saturated heterocycles. The third-order valence-corrected chi connectivity index (χ3v) is 3.45. The number of benzene rings is 1. The second-order valence-corrected chi connectivity index (χ2v) is 5.15. The molecule has 25 heavy (non-hydrogen) atoms. The van der Waals surface area contributed by atoms with E-state index < -0.39 is 23.6 Å². The van der Waals surface area contributed by atoms with Crippen LogP contribution < -0.4 is 10.4 Å². The Hall–Kier alpha value is -3.07. The average Bonchev–Trinajstić information content (AvgIpc) is 3.14. The van der Waals surface area contributed by atoms with Gasteiger partial charge < -0.3 is 9.52 Å². The lowest BCUT2D eigenvalue weighted by Crippen LogP contribution is -2.35. The molecule has 3 rings (SSSR count). The van der Waals surface area contributed by atoms with Crippen LogP contribution in [0.1, 0.15) is 17.1 Å². The second-order valence-electron chi connectivity index (χ2n) is 5.15. The van der Waals surface area contributed by atoms with E-state index in [-0.39, 0.29) is 29.4 Å². The van der Waals surface area contributed by atoms with Crippen LogP contribution in [0.2, 0.25) is 0 Å². The number of furan rings is 1. The number of anilines is 1. The smallest absolute Gasteiger partial charge is 0.416 e. The van der Waals surface area contributed by atoms with Gasteiger partial charge in [0, 0.05) is 0 Å². The molecule has 0 unspecified atom stereocenters. The van der Waals surface area contributed by atoms with Crippen LogP contribution in [-0.2, 0) is 22.4 Å². The summed E-state index contributed by atoms with van der Waals surface area (Å²) in [5.41, 5.74) is 0.853. The van der Waals surface area contributed by atoms with Crippen LogP contribution in [0.5, 0.6) is 0 Å². The molecule has 2 aromatic rings. The fraction of sp³-hybridized carbons (Fsp3) is 0.125. The third kappa shape index (κ3) is 3.26. The SMILES string of the molecule is O=C1NN(c2cccc(C(F)(F)F)c2)C(=O)/C1=C/c1ccc(CO)o1.